The van der Waals surface area contributed by atoms with Gasteiger partial charge < -0.3 is 5.11 Å². The molecule has 6 nitrogen and oxygen atoms in total. The molecule has 0 fully saturated rings. The molecule has 1 aromatic carbocycles. The van der Waals surface area contributed by atoms with E-state index in [9.17, 15) is 9.59 Å². The van der Waals surface area contributed by atoms with Crippen molar-refractivity contribution in [2.24, 2.45) is 0 Å². The summed E-state index contributed by atoms with van der Waals surface area (Å²) in [7, 11) is 0. The molecule has 0 amide bonds. The first-order valence-corrected chi connectivity index (χ1v) is 7.99. The minimum atomic E-state index is -2.59. The van der Waals surface area contributed by atoms with Gasteiger partial charge >= 0.3 is 96.1 Å². The van der Waals surface area contributed by atoms with Crippen molar-refractivity contribution in [2.45, 2.75) is 20.8 Å². The van der Waals surface area contributed by atoms with Crippen LogP contribution in [0, 0.1) is 3.57 Å². The van der Waals surface area contributed by atoms with Crippen molar-refractivity contribution >= 4 is 38.6 Å². The number of halogens is 1. The maximum atomic E-state index is 10.8. The molecule has 0 bridgehead atoms. The van der Waals surface area contributed by atoms with Crippen LogP contribution in [-0.2, 0) is 20.5 Å². The number of carboxylic acids is 1. The minimum absolute atomic E-state index is 0.426. The van der Waals surface area contributed by atoms with E-state index in [2.05, 4.69) is 0 Å². The van der Waals surface area contributed by atoms with Gasteiger partial charge in [-0.15, -0.1) is 0 Å². The maximum absolute atomic E-state index is 10.8. The van der Waals surface area contributed by atoms with Crippen molar-refractivity contribution in [3.05, 3.63) is 33.9 Å². The molecule has 0 unspecified atom stereocenters. The van der Waals surface area contributed by atoms with Gasteiger partial charge in [0.05, 0.1) is 0 Å². The third kappa shape index (κ3) is 10.0. The molecule has 0 aliphatic rings. The van der Waals surface area contributed by atoms with Crippen LogP contribution in [0.2, 0.25) is 0 Å². The summed E-state index contributed by atoms with van der Waals surface area (Å²) in [6.45, 7) is 3.69. The van der Waals surface area contributed by atoms with Gasteiger partial charge in [-0.2, -0.15) is 0 Å². The molecule has 0 aromatic heterocycles. The zero-order chi connectivity index (χ0) is 14.8. The fourth-order valence-electron chi connectivity index (χ4n) is 0.820. The van der Waals surface area contributed by atoms with Gasteiger partial charge in [-0.05, 0) is 0 Å². The van der Waals surface area contributed by atoms with Crippen LogP contribution in [0.1, 0.15) is 20.8 Å². The summed E-state index contributed by atoms with van der Waals surface area (Å²) >= 11 is -2.59. The van der Waals surface area contributed by atoms with Gasteiger partial charge in [-0.3, -0.25) is 4.79 Å². The number of rotatable bonds is 3. The van der Waals surface area contributed by atoms with Crippen molar-refractivity contribution in [1.82, 2.24) is 0 Å². The Bertz CT molecular complexity index is 411. The fourth-order valence-corrected chi connectivity index (χ4v) is 3.55. The van der Waals surface area contributed by atoms with Gasteiger partial charge in [-0.1, -0.05) is 0 Å². The molecule has 0 heterocycles. The third-order valence-corrected chi connectivity index (χ3v) is 5.05. The molecule has 0 saturated heterocycles. The SMILES string of the molecule is CC(=O)O.CC(=O)OI(OC(C)=O)c1ccccc1. The summed E-state index contributed by atoms with van der Waals surface area (Å²) in [4.78, 5) is 30.7. The summed E-state index contributed by atoms with van der Waals surface area (Å²) in [5, 5.41) is 7.42. The Labute approximate surface area is 119 Å². The number of hydrogen-bond acceptors (Lipinski definition) is 5. The van der Waals surface area contributed by atoms with Crippen molar-refractivity contribution in [3.8, 4) is 0 Å². The van der Waals surface area contributed by atoms with Gasteiger partial charge in [0.25, 0.3) is 5.97 Å². The van der Waals surface area contributed by atoms with E-state index in [0.29, 0.717) is 0 Å². The Morgan fingerprint density at radius 1 is 0.947 bits per heavy atom. The van der Waals surface area contributed by atoms with Crippen LogP contribution in [0.25, 0.3) is 0 Å². The molecule has 0 radical (unpaired) electrons. The second-order valence-corrected chi connectivity index (χ2v) is 6.54. The van der Waals surface area contributed by atoms with Gasteiger partial charge in [0, 0.05) is 6.92 Å². The molecule has 1 aromatic rings. The molecule has 106 valence electrons. The monoisotopic (exact) mass is 382 g/mol. The van der Waals surface area contributed by atoms with Crippen molar-refractivity contribution in [3.63, 3.8) is 0 Å². The van der Waals surface area contributed by atoms with Gasteiger partial charge in [0.15, 0.2) is 0 Å². The van der Waals surface area contributed by atoms with Gasteiger partial charge in [0.1, 0.15) is 0 Å². The first-order valence-electron chi connectivity index (χ1n) is 5.15. The van der Waals surface area contributed by atoms with E-state index < -0.39 is 38.6 Å². The van der Waals surface area contributed by atoms with Crippen molar-refractivity contribution < 1.29 is 25.6 Å². The van der Waals surface area contributed by atoms with Crippen molar-refractivity contribution in [1.29, 1.82) is 0 Å². The van der Waals surface area contributed by atoms with E-state index in [4.69, 9.17) is 16.0 Å². The van der Waals surface area contributed by atoms with E-state index >= 15 is 0 Å². The second kappa shape index (κ2) is 9.31. The number of benzene rings is 1. The number of carbonyl (C=O) groups is 3. The normalized spacial score (nSPS) is 9.53. The molecular formula is C12H15IO6. The molecule has 0 atom stereocenters. The second-order valence-electron chi connectivity index (χ2n) is 3.17. The van der Waals surface area contributed by atoms with Crippen molar-refractivity contribution in [2.75, 3.05) is 0 Å². The van der Waals surface area contributed by atoms with E-state index in [1.807, 2.05) is 18.2 Å². The number of hydrogen-bond donors (Lipinski definition) is 1. The summed E-state index contributed by atoms with van der Waals surface area (Å²) < 4.78 is 10.8. The van der Waals surface area contributed by atoms with Crippen LogP contribution in [0.15, 0.2) is 30.3 Å². The van der Waals surface area contributed by atoms with Crippen LogP contribution in [0.5, 0.6) is 0 Å². The van der Waals surface area contributed by atoms with E-state index in [1.165, 1.54) is 13.8 Å². The first-order chi connectivity index (χ1) is 8.82. The number of carbonyl (C=O) groups excluding carboxylic acids is 2. The van der Waals surface area contributed by atoms with Gasteiger partial charge in [0.2, 0.25) is 0 Å². The fraction of sp³-hybridized carbons (Fsp3) is 0.250. The van der Waals surface area contributed by atoms with E-state index in [0.717, 1.165) is 10.5 Å². The molecule has 0 spiro atoms. The van der Waals surface area contributed by atoms with Crippen LogP contribution in [0.4, 0.5) is 0 Å². The molecule has 0 aliphatic heterocycles. The van der Waals surface area contributed by atoms with Crippen LogP contribution < -0.4 is 0 Å². The molecule has 1 N–H and O–H groups in total. The standard InChI is InChI=1S/C10H11IO4.C2H4O2/c1-8(12)14-11(15-9(2)13)10-6-4-3-5-7-10;1-2(3)4/h3-7H,1-2H3;1H3,(H,3,4). The zero-order valence-corrected chi connectivity index (χ0v) is 12.9. The molecule has 0 aliphatic carbocycles. The Morgan fingerprint density at radius 3 is 1.63 bits per heavy atom. The third-order valence-electron chi connectivity index (χ3n) is 1.27. The van der Waals surface area contributed by atoms with E-state index in [1.54, 1.807) is 12.1 Å². The molecule has 7 heteroatoms. The summed E-state index contributed by atoms with van der Waals surface area (Å²) in [6, 6.07) is 9.05. The van der Waals surface area contributed by atoms with Crippen LogP contribution in [-0.4, -0.2) is 23.0 Å². The molecular weight excluding hydrogens is 367 g/mol. The van der Waals surface area contributed by atoms with Crippen LogP contribution >= 0.6 is 20.6 Å². The van der Waals surface area contributed by atoms with Crippen LogP contribution in [0.3, 0.4) is 0 Å². The number of aliphatic carboxylic acids is 1. The average Bonchev–Trinajstić information content (AvgIpc) is 2.27. The zero-order valence-electron chi connectivity index (χ0n) is 10.8. The average molecular weight is 382 g/mol. The summed E-state index contributed by atoms with van der Waals surface area (Å²) in [6.07, 6.45) is 0. The van der Waals surface area contributed by atoms with Gasteiger partial charge in [-0.25, -0.2) is 0 Å². The summed E-state index contributed by atoms with van der Waals surface area (Å²) in [5.41, 5.74) is 0. The Kier molecular flexibility index (Phi) is 8.51. The quantitative estimate of drug-likeness (QED) is 0.808. The number of carboxylic acid groups (broad SMARTS) is 1. The molecule has 1 rings (SSSR count). The predicted octanol–water partition coefficient (Wildman–Crippen LogP) is 2.41. The molecule has 0 saturated carbocycles. The topological polar surface area (TPSA) is 89.9 Å². The Balaban J connectivity index is 0.000000711. The van der Waals surface area contributed by atoms with E-state index in [-0.39, 0.29) is 0 Å². The Morgan fingerprint density at radius 2 is 1.32 bits per heavy atom. The molecule has 19 heavy (non-hydrogen) atoms. The Hall–Kier alpha value is -1.64. The summed E-state index contributed by atoms with van der Waals surface area (Å²) in [5.74, 6) is -1.68. The predicted molar refractivity (Wildman–Crippen MR) is 76.0 cm³/mol. The first kappa shape index (κ1) is 17.4.